The highest BCUT2D eigenvalue weighted by Crippen LogP contribution is 2.16. The fraction of sp³-hybridized carbons (Fsp3) is 1.00. The lowest BCUT2D eigenvalue weighted by atomic mass is 10.2. The second-order valence-electron chi connectivity index (χ2n) is 5.35. The van der Waals surface area contributed by atoms with Crippen LogP contribution in [0.5, 0.6) is 0 Å². The van der Waals surface area contributed by atoms with Crippen molar-refractivity contribution in [2.75, 3.05) is 46.9 Å². The quantitative estimate of drug-likeness (QED) is 0.722. The monoisotopic (exact) mass is 242 g/mol. The van der Waals surface area contributed by atoms with Crippen molar-refractivity contribution in [2.45, 2.75) is 38.0 Å². The van der Waals surface area contributed by atoms with Crippen LogP contribution in [0.25, 0.3) is 0 Å². The van der Waals surface area contributed by atoms with Gasteiger partial charge in [-0.2, -0.15) is 0 Å². The molecule has 0 radical (unpaired) electrons. The SMILES string of the molecule is CN(CCC1OCCCO1)CC1CCCN1C. The van der Waals surface area contributed by atoms with Crippen molar-refractivity contribution in [3.63, 3.8) is 0 Å². The Morgan fingerprint density at radius 2 is 2.00 bits per heavy atom. The highest BCUT2D eigenvalue weighted by molar-refractivity contribution is 4.78. The fourth-order valence-electron chi connectivity index (χ4n) is 2.69. The van der Waals surface area contributed by atoms with E-state index in [0.717, 1.165) is 38.6 Å². The Bertz CT molecular complexity index is 219. The topological polar surface area (TPSA) is 24.9 Å². The minimum Gasteiger partial charge on any atom is -0.353 e. The smallest absolute Gasteiger partial charge is 0.158 e. The zero-order valence-corrected chi connectivity index (χ0v) is 11.2. The molecule has 0 saturated carbocycles. The van der Waals surface area contributed by atoms with Crippen LogP contribution in [-0.2, 0) is 9.47 Å². The average Bonchev–Trinajstić information content (AvgIpc) is 2.74. The van der Waals surface area contributed by atoms with Crippen molar-refractivity contribution in [1.82, 2.24) is 9.80 Å². The summed E-state index contributed by atoms with van der Waals surface area (Å²) in [7, 11) is 4.44. The molecule has 0 aliphatic carbocycles. The Balaban J connectivity index is 1.61. The van der Waals surface area contributed by atoms with E-state index in [1.165, 1.54) is 25.9 Å². The lowest BCUT2D eigenvalue weighted by Gasteiger charge is -2.28. The molecule has 4 heteroatoms. The summed E-state index contributed by atoms with van der Waals surface area (Å²) in [6, 6.07) is 0.744. The molecule has 2 heterocycles. The minimum atomic E-state index is 0.0347. The molecule has 100 valence electrons. The second-order valence-corrected chi connectivity index (χ2v) is 5.35. The predicted molar refractivity (Wildman–Crippen MR) is 68.1 cm³/mol. The third-order valence-electron chi connectivity index (χ3n) is 3.84. The number of hydrogen-bond acceptors (Lipinski definition) is 4. The number of rotatable bonds is 5. The lowest BCUT2D eigenvalue weighted by molar-refractivity contribution is -0.182. The summed E-state index contributed by atoms with van der Waals surface area (Å²) in [5.41, 5.74) is 0. The summed E-state index contributed by atoms with van der Waals surface area (Å²) in [5, 5.41) is 0. The van der Waals surface area contributed by atoms with Gasteiger partial charge in [0, 0.05) is 25.6 Å². The summed E-state index contributed by atoms with van der Waals surface area (Å²) >= 11 is 0. The van der Waals surface area contributed by atoms with E-state index in [4.69, 9.17) is 9.47 Å². The molecule has 0 spiro atoms. The second kappa shape index (κ2) is 6.69. The summed E-state index contributed by atoms with van der Waals surface area (Å²) in [4.78, 5) is 4.89. The molecule has 0 bridgehead atoms. The van der Waals surface area contributed by atoms with Crippen LogP contribution in [0.1, 0.15) is 25.7 Å². The Labute approximate surface area is 105 Å². The molecule has 17 heavy (non-hydrogen) atoms. The number of likely N-dealkylation sites (tertiary alicyclic amines) is 1. The maximum absolute atomic E-state index is 5.56. The zero-order chi connectivity index (χ0) is 12.1. The molecule has 2 aliphatic heterocycles. The first kappa shape index (κ1) is 13.3. The highest BCUT2D eigenvalue weighted by atomic mass is 16.7. The Kier molecular flexibility index (Phi) is 5.22. The van der Waals surface area contributed by atoms with Gasteiger partial charge < -0.3 is 19.3 Å². The maximum Gasteiger partial charge on any atom is 0.158 e. The standard InChI is InChI=1S/C13H26N2O2/c1-14(11-12-5-3-7-15(12)2)8-6-13-16-9-4-10-17-13/h12-13H,3-11H2,1-2H3. The van der Waals surface area contributed by atoms with Gasteiger partial charge in [0.1, 0.15) is 0 Å². The van der Waals surface area contributed by atoms with Crippen molar-refractivity contribution < 1.29 is 9.47 Å². The summed E-state index contributed by atoms with van der Waals surface area (Å²) < 4.78 is 11.1. The highest BCUT2D eigenvalue weighted by Gasteiger charge is 2.22. The molecule has 2 saturated heterocycles. The van der Waals surface area contributed by atoms with Crippen LogP contribution >= 0.6 is 0 Å². The predicted octanol–water partition coefficient (Wildman–Crippen LogP) is 1.17. The van der Waals surface area contributed by atoms with Crippen LogP contribution < -0.4 is 0 Å². The number of nitrogens with zero attached hydrogens (tertiary/aromatic N) is 2. The average molecular weight is 242 g/mol. The molecule has 0 aromatic rings. The van der Waals surface area contributed by atoms with Gasteiger partial charge in [-0.1, -0.05) is 0 Å². The van der Waals surface area contributed by atoms with Crippen molar-refractivity contribution in [3.8, 4) is 0 Å². The molecule has 0 aromatic heterocycles. The number of ether oxygens (including phenoxy) is 2. The van der Waals surface area contributed by atoms with E-state index in [2.05, 4.69) is 23.9 Å². The van der Waals surface area contributed by atoms with E-state index in [1.54, 1.807) is 0 Å². The van der Waals surface area contributed by atoms with E-state index in [-0.39, 0.29) is 6.29 Å². The Morgan fingerprint density at radius 1 is 1.24 bits per heavy atom. The molecule has 4 nitrogen and oxygen atoms in total. The van der Waals surface area contributed by atoms with Crippen molar-refractivity contribution in [3.05, 3.63) is 0 Å². The van der Waals surface area contributed by atoms with Gasteiger partial charge in [-0.25, -0.2) is 0 Å². The summed E-state index contributed by atoms with van der Waals surface area (Å²) in [6.45, 7) is 5.21. The van der Waals surface area contributed by atoms with E-state index in [9.17, 15) is 0 Å². The molecule has 0 aromatic carbocycles. The van der Waals surface area contributed by atoms with Crippen LogP contribution in [0.15, 0.2) is 0 Å². The van der Waals surface area contributed by atoms with Gasteiger partial charge in [-0.15, -0.1) is 0 Å². The number of likely N-dealkylation sites (N-methyl/N-ethyl adjacent to an activating group) is 2. The van der Waals surface area contributed by atoms with Crippen molar-refractivity contribution >= 4 is 0 Å². The number of hydrogen-bond donors (Lipinski definition) is 0. The fourth-order valence-corrected chi connectivity index (χ4v) is 2.69. The molecule has 2 fully saturated rings. The largest absolute Gasteiger partial charge is 0.353 e. The summed E-state index contributed by atoms with van der Waals surface area (Å²) in [5.74, 6) is 0. The van der Waals surface area contributed by atoms with Crippen LogP contribution in [0, 0.1) is 0 Å². The van der Waals surface area contributed by atoms with Gasteiger partial charge in [0.05, 0.1) is 13.2 Å². The van der Waals surface area contributed by atoms with Gasteiger partial charge in [0.25, 0.3) is 0 Å². The molecular weight excluding hydrogens is 216 g/mol. The van der Waals surface area contributed by atoms with Crippen molar-refractivity contribution in [2.24, 2.45) is 0 Å². The molecular formula is C13H26N2O2. The minimum absolute atomic E-state index is 0.0347. The van der Waals surface area contributed by atoms with E-state index < -0.39 is 0 Å². The molecule has 2 aliphatic rings. The van der Waals surface area contributed by atoms with Crippen LogP contribution in [0.2, 0.25) is 0 Å². The summed E-state index contributed by atoms with van der Waals surface area (Å²) in [6.07, 6.45) is 4.76. The van der Waals surface area contributed by atoms with Crippen molar-refractivity contribution in [1.29, 1.82) is 0 Å². The van der Waals surface area contributed by atoms with Gasteiger partial charge in [0.15, 0.2) is 6.29 Å². The van der Waals surface area contributed by atoms with Gasteiger partial charge in [-0.3, -0.25) is 0 Å². The van der Waals surface area contributed by atoms with Gasteiger partial charge in [-0.05, 0) is 39.9 Å². The van der Waals surface area contributed by atoms with E-state index in [0.29, 0.717) is 0 Å². The Morgan fingerprint density at radius 3 is 2.65 bits per heavy atom. The first-order chi connectivity index (χ1) is 8.25. The Hall–Kier alpha value is -0.160. The van der Waals surface area contributed by atoms with Gasteiger partial charge >= 0.3 is 0 Å². The molecule has 2 rings (SSSR count). The van der Waals surface area contributed by atoms with E-state index in [1.807, 2.05) is 0 Å². The van der Waals surface area contributed by atoms with Crippen LogP contribution in [-0.4, -0.2) is 69.1 Å². The molecule has 1 atom stereocenters. The third kappa shape index (κ3) is 4.21. The molecule has 0 N–H and O–H groups in total. The first-order valence-corrected chi connectivity index (χ1v) is 6.87. The first-order valence-electron chi connectivity index (χ1n) is 6.87. The lowest BCUT2D eigenvalue weighted by Crippen LogP contribution is -2.38. The normalized spacial score (nSPS) is 28.1. The zero-order valence-electron chi connectivity index (χ0n) is 11.2. The van der Waals surface area contributed by atoms with E-state index >= 15 is 0 Å². The molecule has 0 amide bonds. The van der Waals surface area contributed by atoms with Gasteiger partial charge in [0.2, 0.25) is 0 Å². The van der Waals surface area contributed by atoms with Crippen LogP contribution in [0.3, 0.4) is 0 Å². The van der Waals surface area contributed by atoms with Crippen LogP contribution in [0.4, 0.5) is 0 Å². The molecule has 1 unspecified atom stereocenters. The maximum atomic E-state index is 5.56. The third-order valence-corrected chi connectivity index (χ3v) is 3.84.